The molecule has 1 amide bonds. The number of amides is 1. The van der Waals surface area contributed by atoms with Crippen molar-refractivity contribution in [2.24, 2.45) is 0 Å². The van der Waals surface area contributed by atoms with E-state index in [1.54, 1.807) is 13.2 Å². The Morgan fingerprint density at radius 2 is 1.88 bits per heavy atom. The maximum atomic E-state index is 12.7. The minimum Gasteiger partial charge on any atom is -0.496 e. The van der Waals surface area contributed by atoms with Gasteiger partial charge in [0.05, 0.1) is 32.9 Å². The van der Waals surface area contributed by atoms with Gasteiger partial charge in [0.2, 0.25) is 5.91 Å². The Bertz CT molecular complexity index is 1110. The van der Waals surface area contributed by atoms with Crippen molar-refractivity contribution >= 4 is 28.7 Å². The van der Waals surface area contributed by atoms with Crippen LogP contribution in [-0.2, 0) is 19.1 Å². The molecule has 1 aromatic heterocycles. The highest BCUT2D eigenvalue weighted by Gasteiger charge is 2.53. The monoisotopic (exact) mass is 457 g/mol. The molecule has 0 spiro atoms. The van der Waals surface area contributed by atoms with E-state index in [9.17, 15) is 14.4 Å². The molecule has 33 heavy (non-hydrogen) atoms. The minimum absolute atomic E-state index is 0.116. The molecule has 2 fully saturated rings. The number of methoxy groups -OCH3 is 3. The summed E-state index contributed by atoms with van der Waals surface area (Å²) in [5, 5.41) is 6.67. The van der Waals surface area contributed by atoms with Crippen molar-refractivity contribution in [2.75, 3.05) is 27.9 Å². The number of fused-ring (bicyclic) bond motifs is 1. The number of hydrogen-bond donors (Lipinski definition) is 2. The lowest BCUT2D eigenvalue weighted by Crippen LogP contribution is -2.50. The lowest BCUT2D eigenvalue weighted by Gasteiger charge is -2.19. The fourth-order valence-corrected chi connectivity index (χ4v) is 4.10. The number of carbonyl (C=O) groups excluding carboxylic acids is 3. The minimum atomic E-state index is -0.903. The number of ether oxygens (including phenoxy) is 4. The first-order chi connectivity index (χ1) is 15.8. The van der Waals surface area contributed by atoms with Crippen LogP contribution in [-0.4, -0.2) is 68.4 Å². The van der Waals surface area contributed by atoms with E-state index >= 15 is 0 Å². The van der Waals surface area contributed by atoms with E-state index in [1.807, 2.05) is 19.1 Å². The van der Waals surface area contributed by atoms with E-state index in [0.717, 1.165) is 10.9 Å². The zero-order valence-electron chi connectivity index (χ0n) is 19.0. The summed E-state index contributed by atoms with van der Waals surface area (Å²) in [6.45, 7) is 2.28. The highest BCUT2D eigenvalue weighted by atomic mass is 16.5. The van der Waals surface area contributed by atoms with Gasteiger partial charge in [-0.25, -0.2) is 14.6 Å². The number of nitrogens with zero attached hydrogens (tertiary/aromatic N) is 1. The van der Waals surface area contributed by atoms with Crippen LogP contribution in [0.15, 0.2) is 18.2 Å². The van der Waals surface area contributed by atoms with Gasteiger partial charge in [0, 0.05) is 30.0 Å². The van der Waals surface area contributed by atoms with Gasteiger partial charge in [0.1, 0.15) is 23.1 Å². The van der Waals surface area contributed by atoms with Crippen LogP contribution in [0.25, 0.3) is 10.9 Å². The summed E-state index contributed by atoms with van der Waals surface area (Å²) >= 11 is 0. The van der Waals surface area contributed by atoms with Crippen molar-refractivity contribution < 1.29 is 33.3 Å². The number of benzene rings is 1. The average molecular weight is 457 g/mol. The second-order valence-corrected chi connectivity index (χ2v) is 8.29. The molecule has 1 aliphatic carbocycles. The zero-order chi connectivity index (χ0) is 23.8. The summed E-state index contributed by atoms with van der Waals surface area (Å²) in [6, 6.07) is 4.68. The molecule has 0 bridgehead atoms. The SMILES string of the molecule is COC(=O)c1cc(O[C@H]2CN[C@H](C(=O)NC3(C(=O)OC)CC3)C2)c2ccc(OC)c(C)c2n1. The predicted octanol–water partition coefficient (Wildman–Crippen LogP) is 1.27. The van der Waals surface area contributed by atoms with Crippen LogP contribution in [0.5, 0.6) is 11.5 Å². The van der Waals surface area contributed by atoms with Crippen LogP contribution in [0.2, 0.25) is 0 Å². The maximum Gasteiger partial charge on any atom is 0.356 e. The Kier molecular flexibility index (Phi) is 6.11. The van der Waals surface area contributed by atoms with Crippen molar-refractivity contribution in [2.45, 2.75) is 43.9 Å². The molecule has 10 heteroatoms. The molecule has 176 valence electrons. The van der Waals surface area contributed by atoms with Crippen LogP contribution in [0, 0.1) is 6.92 Å². The maximum absolute atomic E-state index is 12.7. The molecular formula is C23H27N3O7. The van der Waals surface area contributed by atoms with Crippen molar-refractivity contribution in [3.63, 3.8) is 0 Å². The third-order valence-corrected chi connectivity index (χ3v) is 6.15. The first-order valence-corrected chi connectivity index (χ1v) is 10.7. The van der Waals surface area contributed by atoms with Crippen molar-refractivity contribution in [1.29, 1.82) is 0 Å². The first kappa shape index (κ1) is 22.8. The van der Waals surface area contributed by atoms with Crippen LogP contribution in [0.1, 0.15) is 35.3 Å². The topological polar surface area (TPSA) is 125 Å². The smallest absolute Gasteiger partial charge is 0.356 e. The van der Waals surface area contributed by atoms with Gasteiger partial charge in [0.15, 0.2) is 5.69 Å². The van der Waals surface area contributed by atoms with E-state index in [2.05, 4.69) is 15.6 Å². The van der Waals surface area contributed by atoms with Gasteiger partial charge in [-0.05, 0) is 31.9 Å². The molecule has 2 N–H and O–H groups in total. The number of carbonyl (C=O) groups is 3. The van der Waals surface area contributed by atoms with Gasteiger partial charge in [-0.2, -0.15) is 0 Å². The third-order valence-electron chi connectivity index (χ3n) is 6.15. The molecular weight excluding hydrogens is 430 g/mol. The van der Waals surface area contributed by atoms with Gasteiger partial charge >= 0.3 is 11.9 Å². The van der Waals surface area contributed by atoms with Crippen molar-refractivity contribution in [3.05, 3.63) is 29.5 Å². The molecule has 1 saturated carbocycles. The van der Waals surface area contributed by atoms with Gasteiger partial charge in [0.25, 0.3) is 0 Å². The second-order valence-electron chi connectivity index (χ2n) is 8.29. The number of nitrogens with one attached hydrogen (secondary N) is 2. The highest BCUT2D eigenvalue weighted by Crippen LogP contribution is 2.37. The molecule has 4 rings (SSSR count). The second kappa shape index (κ2) is 8.86. The average Bonchev–Trinajstić information content (AvgIpc) is 3.45. The standard InChI is InChI=1S/C23H27N3O7/c1-12-17(30-2)6-5-14-18(10-16(21(28)31-3)25-19(12)14)33-13-9-15(24-11-13)20(27)26-23(7-8-23)22(29)32-4/h5-6,10,13,15,24H,7-9,11H2,1-4H3,(H,26,27)/t13-,15+/m1/s1. The summed E-state index contributed by atoms with van der Waals surface area (Å²) < 4.78 is 21.2. The Hall–Kier alpha value is -3.40. The third kappa shape index (κ3) is 4.30. The van der Waals surface area contributed by atoms with E-state index in [1.165, 1.54) is 14.2 Å². The summed E-state index contributed by atoms with van der Waals surface area (Å²) in [7, 11) is 4.17. The summed E-state index contributed by atoms with van der Waals surface area (Å²) in [6.07, 6.45) is 1.21. The Labute approximate surface area is 190 Å². The number of rotatable bonds is 7. The number of hydrogen-bond acceptors (Lipinski definition) is 9. The Morgan fingerprint density at radius 1 is 1.12 bits per heavy atom. The van der Waals surface area contributed by atoms with Crippen molar-refractivity contribution in [3.8, 4) is 11.5 Å². The van der Waals surface area contributed by atoms with Gasteiger partial charge in [-0.1, -0.05) is 0 Å². The predicted molar refractivity (Wildman–Crippen MR) is 117 cm³/mol. The molecule has 1 aliphatic heterocycles. The molecule has 10 nitrogen and oxygen atoms in total. The lowest BCUT2D eigenvalue weighted by molar-refractivity contribution is -0.146. The lowest BCUT2D eigenvalue weighted by atomic mass is 10.1. The van der Waals surface area contributed by atoms with Crippen LogP contribution < -0.4 is 20.1 Å². The largest absolute Gasteiger partial charge is 0.496 e. The fraction of sp³-hybridized carbons (Fsp3) is 0.478. The van der Waals surface area contributed by atoms with Gasteiger partial charge in [-0.15, -0.1) is 0 Å². The quantitative estimate of drug-likeness (QED) is 0.591. The summed E-state index contributed by atoms with van der Waals surface area (Å²) in [5.74, 6) is -0.164. The molecule has 2 aromatic rings. The molecule has 1 aromatic carbocycles. The molecule has 0 radical (unpaired) electrons. The number of aromatic nitrogens is 1. The van der Waals surface area contributed by atoms with Crippen molar-refractivity contribution in [1.82, 2.24) is 15.6 Å². The van der Waals surface area contributed by atoms with E-state index in [4.69, 9.17) is 18.9 Å². The number of esters is 2. The molecule has 1 saturated heterocycles. The highest BCUT2D eigenvalue weighted by molar-refractivity contribution is 5.96. The normalized spacial score (nSPS) is 20.7. The molecule has 0 unspecified atom stereocenters. The van der Waals surface area contributed by atoms with Crippen LogP contribution in [0.3, 0.4) is 0 Å². The Balaban J connectivity index is 1.54. The number of aryl methyl sites for hydroxylation is 1. The first-order valence-electron chi connectivity index (χ1n) is 10.7. The van der Waals surface area contributed by atoms with Gasteiger partial charge < -0.3 is 29.6 Å². The summed E-state index contributed by atoms with van der Waals surface area (Å²) in [5.41, 5.74) is 0.552. The van der Waals surface area contributed by atoms with E-state index in [0.29, 0.717) is 42.8 Å². The summed E-state index contributed by atoms with van der Waals surface area (Å²) in [4.78, 5) is 41.3. The molecule has 2 atom stereocenters. The van der Waals surface area contributed by atoms with Crippen LogP contribution >= 0.6 is 0 Å². The number of pyridine rings is 1. The molecule has 2 aliphatic rings. The zero-order valence-corrected chi connectivity index (χ0v) is 19.0. The van der Waals surface area contributed by atoms with E-state index in [-0.39, 0.29) is 17.7 Å². The van der Waals surface area contributed by atoms with Gasteiger partial charge in [-0.3, -0.25) is 4.79 Å². The Morgan fingerprint density at radius 3 is 2.52 bits per heavy atom. The molecule has 2 heterocycles. The van der Waals surface area contributed by atoms with E-state index < -0.39 is 23.5 Å². The van der Waals surface area contributed by atoms with Crippen LogP contribution in [0.4, 0.5) is 0 Å². The fourth-order valence-electron chi connectivity index (χ4n) is 4.10.